The molecule has 0 amide bonds. The van der Waals surface area contributed by atoms with Crippen LogP contribution in [0.5, 0.6) is 0 Å². The lowest BCUT2D eigenvalue weighted by Gasteiger charge is -2.16. The first-order valence-corrected chi connectivity index (χ1v) is 4.76. The highest BCUT2D eigenvalue weighted by molar-refractivity contribution is 5.27. The number of fused-ring (bicyclic) bond motifs is 1. The SMILES string of the molecule is CON1CCCc2ccccc2C1. The molecule has 1 heterocycles. The number of hydrogen-bond donors (Lipinski definition) is 0. The lowest BCUT2D eigenvalue weighted by Crippen LogP contribution is -2.21. The molecule has 0 spiro atoms. The summed E-state index contributed by atoms with van der Waals surface area (Å²) >= 11 is 0. The molecule has 1 aromatic rings. The fourth-order valence-electron chi connectivity index (χ4n) is 1.83. The molecule has 70 valence electrons. The Labute approximate surface area is 79.1 Å². The van der Waals surface area contributed by atoms with E-state index in [1.807, 2.05) is 5.06 Å². The van der Waals surface area contributed by atoms with E-state index >= 15 is 0 Å². The molecule has 1 aromatic carbocycles. The molecule has 0 saturated heterocycles. The number of aryl methyl sites for hydroxylation is 1. The average Bonchev–Trinajstić information content (AvgIpc) is 2.38. The van der Waals surface area contributed by atoms with Gasteiger partial charge in [0, 0.05) is 13.1 Å². The third kappa shape index (κ3) is 1.90. The second kappa shape index (κ2) is 3.90. The summed E-state index contributed by atoms with van der Waals surface area (Å²) in [6.45, 7) is 1.96. The van der Waals surface area contributed by atoms with E-state index in [0.29, 0.717) is 0 Å². The molecule has 0 N–H and O–H groups in total. The van der Waals surface area contributed by atoms with Gasteiger partial charge in [-0.15, -0.1) is 0 Å². The van der Waals surface area contributed by atoms with E-state index in [1.54, 1.807) is 7.11 Å². The molecule has 0 fully saturated rings. The first kappa shape index (κ1) is 8.73. The summed E-state index contributed by atoms with van der Waals surface area (Å²) < 4.78 is 0. The van der Waals surface area contributed by atoms with Crippen molar-refractivity contribution in [1.82, 2.24) is 5.06 Å². The zero-order valence-corrected chi connectivity index (χ0v) is 7.99. The van der Waals surface area contributed by atoms with Crippen molar-refractivity contribution in [3.63, 3.8) is 0 Å². The summed E-state index contributed by atoms with van der Waals surface area (Å²) in [7, 11) is 1.74. The molecule has 0 atom stereocenters. The standard InChI is InChI=1S/C11H15NO/c1-13-12-8-4-7-10-5-2-3-6-11(10)9-12/h2-3,5-6H,4,7-9H2,1H3. The van der Waals surface area contributed by atoms with Gasteiger partial charge in [-0.05, 0) is 24.0 Å². The van der Waals surface area contributed by atoms with Crippen LogP contribution in [0.1, 0.15) is 17.5 Å². The van der Waals surface area contributed by atoms with Gasteiger partial charge >= 0.3 is 0 Å². The second-order valence-corrected chi connectivity index (χ2v) is 3.42. The molecule has 1 aliphatic rings. The van der Waals surface area contributed by atoms with Crippen LogP contribution in [0.4, 0.5) is 0 Å². The van der Waals surface area contributed by atoms with Gasteiger partial charge in [0.2, 0.25) is 0 Å². The molecule has 0 aromatic heterocycles. The summed E-state index contributed by atoms with van der Waals surface area (Å²) in [6, 6.07) is 8.61. The second-order valence-electron chi connectivity index (χ2n) is 3.42. The highest BCUT2D eigenvalue weighted by Gasteiger charge is 2.12. The van der Waals surface area contributed by atoms with Gasteiger partial charge in [0.05, 0.1) is 7.11 Å². The van der Waals surface area contributed by atoms with Crippen LogP contribution >= 0.6 is 0 Å². The van der Waals surface area contributed by atoms with Gasteiger partial charge in [0.1, 0.15) is 0 Å². The summed E-state index contributed by atoms with van der Waals surface area (Å²) in [5, 5.41) is 2.02. The van der Waals surface area contributed by atoms with Crippen molar-refractivity contribution < 1.29 is 4.84 Å². The van der Waals surface area contributed by atoms with Crippen molar-refractivity contribution in [3.05, 3.63) is 35.4 Å². The van der Waals surface area contributed by atoms with Crippen molar-refractivity contribution in [2.45, 2.75) is 19.4 Å². The summed E-state index contributed by atoms with van der Waals surface area (Å²) in [5.41, 5.74) is 2.88. The van der Waals surface area contributed by atoms with Crippen LogP contribution in [-0.2, 0) is 17.8 Å². The topological polar surface area (TPSA) is 12.5 Å². The molecule has 0 radical (unpaired) electrons. The van der Waals surface area contributed by atoms with Crippen LogP contribution in [0.15, 0.2) is 24.3 Å². The molecule has 0 unspecified atom stereocenters. The van der Waals surface area contributed by atoms with Crippen LogP contribution in [0, 0.1) is 0 Å². The number of hydrogen-bond acceptors (Lipinski definition) is 2. The van der Waals surface area contributed by atoms with E-state index in [1.165, 1.54) is 24.0 Å². The van der Waals surface area contributed by atoms with E-state index in [9.17, 15) is 0 Å². The maximum absolute atomic E-state index is 5.26. The van der Waals surface area contributed by atoms with Crippen molar-refractivity contribution in [1.29, 1.82) is 0 Å². The number of nitrogens with zero attached hydrogens (tertiary/aromatic N) is 1. The Morgan fingerprint density at radius 2 is 2.00 bits per heavy atom. The van der Waals surface area contributed by atoms with E-state index in [4.69, 9.17) is 4.84 Å². The minimum atomic E-state index is 0.923. The smallest absolute Gasteiger partial charge is 0.0575 e. The first-order chi connectivity index (χ1) is 6.40. The Bertz CT molecular complexity index is 285. The van der Waals surface area contributed by atoms with E-state index < -0.39 is 0 Å². The summed E-state index contributed by atoms with van der Waals surface area (Å²) in [6.07, 6.45) is 2.36. The molecule has 0 saturated carbocycles. The average molecular weight is 177 g/mol. The van der Waals surface area contributed by atoms with Gasteiger partial charge in [-0.1, -0.05) is 24.3 Å². The fraction of sp³-hybridized carbons (Fsp3) is 0.455. The molecule has 2 rings (SSSR count). The van der Waals surface area contributed by atoms with Gasteiger partial charge in [-0.3, -0.25) is 0 Å². The number of rotatable bonds is 1. The van der Waals surface area contributed by atoms with E-state index in [2.05, 4.69) is 24.3 Å². The van der Waals surface area contributed by atoms with Crippen LogP contribution in [0.2, 0.25) is 0 Å². The quantitative estimate of drug-likeness (QED) is 0.650. The highest BCUT2D eigenvalue weighted by atomic mass is 16.7. The molecule has 0 bridgehead atoms. The zero-order valence-electron chi connectivity index (χ0n) is 7.99. The monoisotopic (exact) mass is 177 g/mol. The summed E-state index contributed by atoms with van der Waals surface area (Å²) in [4.78, 5) is 5.26. The van der Waals surface area contributed by atoms with Gasteiger partial charge in [0.15, 0.2) is 0 Å². The van der Waals surface area contributed by atoms with Crippen LogP contribution < -0.4 is 0 Å². The molecular formula is C11H15NO. The third-order valence-electron chi connectivity index (χ3n) is 2.58. The van der Waals surface area contributed by atoms with Crippen LogP contribution in [0.3, 0.4) is 0 Å². The first-order valence-electron chi connectivity index (χ1n) is 4.76. The Morgan fingerprint density at radius 1 is 1.23 bits per heavy atom. The number of hydroxylamine groups is 2. The Kier molecular flexibility index (Phi) is 2.62. The largest absolute Gasteiger partial charge is 0.302 e. The maximum atomic E-state index is 5.26. The van der Waals surface area contributed by atoms with Gasteiger partial charge in [-0.2, -0.15) is 5.06 Å². The zero-order chi connectivity index (χ0) is 9.10. The van der Waals surface area contributed by atoms with Crippen molar-refractivity contribution in [2.24, 2.45) is 0 Å². The van der Waals surface area contributed by atoms with E-state index in [-0.39, 0.29) is 0 Å². The van der Waals surface area contributed by atoms with Gasteiger partial charge in [-0.25, -0.2) is 0 Å². The molecular weight excluding hydrogens is 162 g/mol. The highest BCUT2D eigenvalue weighted by Crippen LogP contribution is 2.17. The van der Waals surface area contributed by atoms with Gasteiger partial charge in [0.25, 0.3) is 0 Å². The maximum Gasteiger partial charge on any atom is 0.0575 e. The number of benzene rings is 1. The van der Waals surface area contributed by atoms with Crippen molar-refractivity contribution >= 4 is 0 Å². The predicted molar refractivity (Wildman–Crippen MR) is 52.2 cm³/mol. The third-order valence-corrected chi connectivity index (χ3v) is 2.58. The Hall–Kier alpha value is -0.860. The lowest BCUT2D eigenvalue weighted by molar-refractivity contribution is -0.137. The lowest BCUT2D eigenvalue weighted by atomic mass is 10.0. The molecule has 2 heteroatoms. The minimum absolute atomic E-state index is 0.923. The molecule has 2 nitrogen and oxygen atoms in total. The molecule has 1 aliphatic heterocycles. The van der Waals surface area contributed by atoms with Crippen LogP contribution in [-0.4, -0.2) is 18.7 Å². The van der Waals surface area contributed by atoms with Gasteiger partial charge < -0.3 is 4.84 Å². The van der Waals surface area contributed by atoms with Crippen LogP contribution in [0.25, 0.3) is 0 Å². The molecule has 13 heavy (non-hydrogen) atoms. The normalized spacial score (nSPS) is 17.9. The summed E-state index contributed by atoms with van der Waals surface area (Å²) in [5.74, 6) is 0. The molecule has 0 aliphatic carbocycles. The Balaban J connectivity index is 2.23. The van der Waals surface area contributed by atoms with Crippen molar-refractivity contribution in [2.75, 3.05) is 13.7 Å². The fourth-order valence-corrected chi connectivity index (χ4v) is 1.83. The minimum Gasteiger partial charge on any atom is -0.302 e. The Morgan fingerprint density at radius 3 is 2.77 bits per heavy atom. The van der Waals surface area contributed by atoms with Crippen molar-refractivity contribution in [3.8, 4) is 0 Å². The van der Waals surface area contributed by atoms with E-state index in [0.717, 1.165) is 13.1 Å². The predicted octanol–water partition coefficient (Wildman–Crippen LogP) is 2.00.